The maximum Gasteiger partial charge on any atom is 0.311 e. The van der Waals surface area contributed by atoms with E-state index in [-0.39, 0.29) is 18.3 Å². The van der Waals surface area contributed by atoms with Gasteiger partial charge in [0, 0.05) is 19.4 Å². The molecular weight excluding hydrogens is 389 g/mol. The molecule has 0 spiro atoms. The van der Waals surface area contributed by atoms with Crippen molar-refractivity contribution in [3.8, 4) is 11.5 Å². The zero-order valence-corrected chi connectivity index (χ0v) is 16.7. The number of nitrogens with one attached hydrogen (secondary N) is 1. The van der Waals surface area contributed by atoms with E-state index in [4.69, 9.17) is 32.7 Å². The number of halogens is 2. The van der Waals surface area contributed by atoms with E-state index < -0.39 is 0 Å². The molecule has 0 saturated carbocycles. The molecule has 2 aromatic rings. The third-order valence-electron chi connectivity index (χ3n) is 3.85. The van der Waals surface area contributed by atoms with E-state index in [1.807, 2.05) is 12.1 Å². The summed E-state index contributed by atoms with van der Waals surface area (Å²) in [4.78, 5) is 23.5. The Morgan fingerprint density at radius 3 is 2.41 bits per heavy atom. The van der Waals surface area contributed by atoms with Gasteiger partial charge in [-0.25, -0.2) is 0 Å². The molecule has 0 aliphatic heterocycles. The largest absolute Gasteiger partial charge is 0.493 e. The third kappa shape index (κ3) is 6.45. The maximum absolute atomic E-state index is 12.1. The van der Waals surface area contributed by atoms with E-state index in [1.54, 1.807) is 31.2 Å². The highest BCUT2D eigenvalue weighted by atomic mass is 35.5. The molecule has 27 heavy (non-hydrogen) atoms. The van der Waals surface area contributed by atoms with Crippen LogP contribution in [-0.2, 0) is 22.6 Å². The molecule has 7 heteroatoms. The van der Waals surface area contributed by atoms with Gasteiger partial charge in [0.2, 0.25) is 5.91 Å². The minimum atomic E-state index is -0.331. The number of carbonyl (C=O) groups is 2. The SMILES string of the molecule is CCC(=O)Oc1ccc(CCC(=O)NCc2ccc(Cl)c(Cl)c2)cc1OC. The van der Waals surface area contributed by atoms with Crippen molar-refractivity contribution in [2.75, 3.05) is 7.11 Å². The van der Waals surface area contributed by atoms with E-state index in [1.165, 1.54) is 7.11 Å². The van der Waals surface area contributed by atoms with Crippen LogP contribution in [0.5, 0.6) is 11.5 Å². The van der Waals surface area contributed by atoms with Crippen LogP contribution in [0.25, 0.3) is 0 Å². The molecule has 0 radical (unpaired) electrons. The van der Waals surface area contributed by atoms with Crippen LogP contribution in [0.2, 0.25) is 10.0 Å². The fourth-order valence-corrected chi connectivity index (χ4v) is 2.66. The van der Waals surface area contributed by atoms with Crippen LogP contribution >= 0.6 is 23.2 Å². The van der Waals surface area contributed by atoms with Gasteiger partial charge in [-0.05, 0) is 41.8 Å². The first-order chi connectivity index (χ1) is 12.9. The molecule has 2 aromatic carbocycles. The summed E-state index contributed by atoms with van der Waals surface area (Å²) in [6, 6.07) is 10.5. The molecule has 2 rings (SSSR count). The quantitative estimate of drug-likeness (QED) is 0.512. The van der Waals surface area contributed by atoms with E-state index in [9.17, 15) is 9.59 Å². The van der Waals surface area contributed by atoms with Crippen LogP contribution in [-0.4, -0.2) is 19.0 Å². The van der Waals surface area contributed by atoms with Crippen molar-refractivity contribution in [1.82, 2.24) is 5.32 Å². The summed E-state index contributed by atoms with van der Waals surface area (Å²) in [6.07, 6.45) is 1.13. The predicted octanol–water partition coefficient (Wildman–Crippen LogP) is 4.57. The average Bonchev–Trinajstić information content (AvgIpc) is 2.67. The fourth-order valence-electron chi connectivity index (χ4n) is 2.34. The maximum atomic E-state index is 12.1. The van der Waals surface area contributed by atoms with Gasteiger partial charge in [0.25, 0.3) is 0 Å². The molecule has 0 bridgehead atoms. The van der Waals surface area contributed by atoms with E-state index >= 15 is 0 Å². The zero-order chi connectivity index (χ0) is 19.8. The van der Waals surface area contributed by atoms with E-state index in [0.29, 0.717) is 40.9 Å². The van der Waals surface area contributed by atoms with Gasteiger partial charge < -0.3 is 14.8 Å². The third-order valence-corrected chi connectivity index (χ3v) is 4.59. The summed E-state index contributed by atoms with van der Waals surface area (Å²) >= 11 is 11.8. The van der Waals surface area contributed by atoms with Gasteiger partial charge in [-0.2, -0.15) is 0 Å². The predicted molar refractivity (Wildman–Crippen MR) is 106 cm³/mol. The number of carbonyl (C=O) groups excluding carboxylic acids is 2. The summed E-state index contributed by atoms with van der Waals surface area (Å²) < 4.78 is 10.5. The van der Waals surface area contributed by atoms with Crippen LogP contribution in [0.15, 0.2) is 36.4 Å². The highest BCUT2D eigenvalue weighted by Gasteiger charge is 2.11. The summed E-state index contributed by atoms with van der Waals surface area (Å²) in [5, 5.41) is 3.79. The topological polar surface area (TPSA) is 64.6 Å². The molecule has 1 N–H and O–H groups in total. The molecule has 0 unspecified atom stereocenters. The first kappa shape index (κ1) is 21.1. The molecule has 0 aromatic heterocycles. The number of amides is 1. The van der Waals surface area contributed by atoms with Gasteiger partial charge in [-0.15, -0.1) is 0 Å². The Kier molecular flexibility index (Phi) is 7.95. The lowest BCUT2D eigenvalue weighted by Gasteiger charge is -2.11. The Hall–Kier alpha value is -2.24. The second-order valence-corrected chi connectivity index (χ2v) is 6.65. The number of methoxy groups -OCH3 is 1. The number of rotatable bonds is 8. The normalized spacial score (nSPS) is 10.4. The van der Waals surface area contributed by atoms with Gasteiger partial charge in [0.05, 0.1) is 17.2 Å². The van der Waals surface area contributed by atoms with Crippen molar-refractivity contribution >= 4 is 35.1 Å². The van der Waals surface area contributed by atoms with Gasteiger partial charge in [-0.3, -0.25) is 9.59 Å². The minimum absolute atomic E-state index is 0.0819. The van der Waals surface area contributed by atoms with E-state index in [2.05, 4.69) is 5.32 Å². The molecule has 0 aliphatic carbocycles. The monoisotopic (exact) mass is 409 g/mol. The lowest BCUT2D eigenvalue weighted by Crippen LogP contribution is -2.23. The molecule has 0 heterocycles. The van der Waals surface area contributed by atoms with Crippen LogP contribution in [0, 0.1) is 0 Å². The Balaban J connectivity index is 1.88. The molecule has 1 amide bonds. The van der Waals surface area contributed by atoms with Crippen LogP contribution in [0.3, 0.4) is 0 Å². The van der Waals surface area contributed by atoms with Crippen molar-refractivity contribution in [3.05, 3.63) is 57.6 Å². The second kappa shape index (κ2) is 10.2. The van der Waals surface area contributed by atoms with Crippen LogP contribution in [0.1, 0.15) is 30.9 Å². The van der Waals surface area contributed by atoms with Crippen molar-refractivity contribution in [3.63, 3.8) is 0 Å². The molecule has 5 nitrogen and oxygen atoms in total. The summed E-state index contributed by atoms with van der Waals surface area (Å²) in [5.74, 6) is 0.423. The second-order valence-electron chi connectivity index (χ2n) is 5.84. The lowest BCUT2D eigenvalue weighted by atomic mass is 10.1. The number of hydrogen-bond donors (Lipinski definition) is 1. The average molecular weight is 410 g/mol. The van der Waals surface area contributed by atoms with Crippen molar-refractivity contribution < 1.29 is 19.1 Å². The zero-order valence-electron chi connectivity index (χ0n) is 15.2. The van der Waals surface area contributed by atoms with Crippen molar-refractivity contribution in [2.45, 2.75) is 32.7 Å². The Labute approximate surface area is 168 Å². The molecule has 0 saturated heterocycles. The Morgan fingerprint density at radius 2 is 1.74 bits per heavy atom. The molecule has 144 valence electrons. The standard InChI is InChI=1S/C20H21Cl2NO4/c1-3-20(25)27-17-8-5-13(11-18(17)26-2)6-9-19(24)23-12-14-4-7-15(21)16(22)10-14/h4-5,7-8,10-11H,3,6,9,12H2,1-2H3,(H,23,24). The minimum Gasteiger partial charge on any atom is -0.493 e. The first-order valence-corrected chi connectivity index (χ1v) is 9.26. The van der Waals surface area contributed by atoms with Crippen LogP contribution < -0.4 is 14.8 Å². The Morgan fingerprint density at radius 1 is 1.00 bits per heavy atom. The number of benzene rings is 2. The molecule has 0 atom stereocenters. The fraction of sp³-hybridized carbons (Fsp3) is 0.300. The molecule has 0 aliphatic rings. The van der Waals surface area contributed by atoms with Gasteiger partial charge in [0.15, 0.2) is 11.5 Å². The molecular formula is C20H21Cl2NO4. The summed E-state index contributed by atoms with van der Waals surface area (Å²) in [6.45, 7) is 2.10. The van der Waals surface area contributed by atoms with Gasteiger partial charge in [0.1, 0.15) is 0 Å². The highest BCUT2D eigenvalue weighted by Crippen LogP contribution is 2.29. The van der Waals surface area contributed by atoms with Gasteiger partial charge in [-0.1, -0.05) is 42.3 Å². The first-order valence-electron chi connectivity index (χ1n) is 8.51. The summed E-state index contributed by atoms with van der Waals surface area (Å²) in [5.41, 5.74) is 1.79. The smallest absolute Gasteiger partial charge is 0.311 e. The summed E-state index contributed by atoms with van der Waals surface area (Å²) in [7, 11) is 1.51. The number of aryl methyl sites for hydroxylation is 1. The van der Waals surface area contributed by atoms with Crippen molar-refractivity contribution in [1.29, 1.82) is 0 Å². The Bertz CT molecular complexity index is 824. The number of hydrogen-bond acceptors (Lipinski definition) is 4. The van der Waals surface area contributed by atoms with E-state index in [0.717, 1.165) is 11.1 Å². The molecule has 0 fully saturated rings. The highest BCUT2D eigenvalue weighted by molar-refractivity contribution is 6.42. The lowest BCUT2D eigenvalue weighted by molar-refractivity contribution is -0.134. The number of ether oxygens (including phenoxy) is 2. The number of esters is 1. The van der Waals surface area contributed by atoms with Crippen molar-refractivity contribution in [2.24, 2.45) is 0 Å². The van der Waals surface area contributed by atoms with Gasteiger partial charge >= 0.3 is 5.97 Å². The van der Waals surface area contributed by atoms with Crippen LogP contribution in [0.4, 0.5) is 0 Å².